The largest absolute Gasteiger partial charge is 0.354 e. The van der Waals surface area contributed by atoms with E-state index in [2.05, 4.69) is 60.1 Å². The van der Waals surface area contributed by atoms with Crippen LogP contribution in [0.25, 0.3) is 0 Å². The van der Waals surface area contributed by atoms with Crippen LogP contribution in [0.2, 0.25) is 0 Å². The second-order valence-corrected chi connectivity index (χ2v) is 7.11. The van der Waals surface area contributed by atoms with E-state index >= 15 is 0 Å². The second kappa shape index (κ2) is 7.79. The highest BCUT2D eigenvalue weighted by Crippen LogP contribution is 2.30. The highest BCUT2D eigenvalue weighted by Gasteiger charge is 2.22. The molecule has 0 unspecified atom stereocenters. The van der Waals surface area contributed by atoms with Crippen molar-refractivity contribution >= 4 is 22.2 Å². The normalized spacial score (nSPS) is 18.0. The second-order valence-electron chi connectivity index (χ2n) is 5.86. The Morgan fingerprint density at radius 1 is 1.36 bits per heavy atom. The molecular formula is C17H28N4S. The first-order valence-electron chi connectivity index (χ1n) is 8.00. The molecule has 4 nitrogen and oxygen atoms in total. The number of piperazine rings is 1. The van der Waals surface area contributed by atoms with Gasteiger partial charge in [-0.25, -0.2) is 0 Å². The summed E-state index contributed by atoms with van der Waals surface area (Å²) in [5, 5.41) is 4.76. The summed E-state index contributed by atoms with van der Waals surface area (Å²) in [5.74, 6) is 1.12. The number of likely N-dealkylation sites (N-methyl/N-ethyl adjacent to an activating group) is 1. The van der Waals surface area contributed by atoms with E-state index in [-0.39, 0.29) is 0 Å². The Balaban J connectivity index is 2.24. The molecular weight excluding hydrogens is 292 g/mol. The molecule has 1 N–H and O–H groups in total. The number of thiophene rings is 1. The molecule has 0 aromatic carbocycles. The number of anilines is 1. The molecule has 0 amide bonds. The van der Waals surface area contributed by atoms with Crippen LogP contribution in [0.4, 0.5) is 5.00 Å². The summed E-state index contributed by atoms with van der Waals surface area (Å²) in [6.07, 6.45) is 3.27. The summed E-state index contributed by atoms with van der Waals surface area (Å²) < 4.78 is 0. The molecule has 1 saturated heterocycles. The first kappa shape index (κ1) is 17.0. The first-order valence-corrected chi connectivity index (χ1v) is 8.81. The van der Waals surface area contributed by atoms with Crippen LogP contribution in [0.3, 0.4) is 0 Å². The topological polar surface area (TPSA) is 30.9 Å². The molecule has 0 radical (unpaired) electrons. The van der Waals surface area contributed by atoms with Crippen LogP contribution < -0.4 is 5.32 Å². The fourth-order valence-corrected chi connectivity index (χ4v) is 3.73. The molecule has 5 heteroatoms. The summed E-state index contributed by atoms with van der Waals surface area (Å²) in [5.41, 5.74) is 2.44. The maximum Gasteiger partial charge on any atom is 0.133 e. The number of aliphatic imine (C=N–C) groups is 1. The van der Waals surface area contributed by atoms with Gasteiger partial charge in [-0.15, -0.1) is 11.3 Å². The number of allylic oxidation sites excluding steroid dienone is 2. The number of aryl methyl sites for hydroxylation is 1. The van der Waals surface area contributed by atoms with Gasteiger partial charge in [0.25, 0.3) is 0 Å². The van der Waals surface area contributed by atoms with Crippen LogP contribution in [0, 0.1) is 6.92 Å². The van der Waals surface area contributed by atoms with E-state index in [1.165, 1.54) is 21.1 Å². The highest BCUT2D eigenvalue weighted by atomic mass is 32.1. The standard InChI is InChI=1S/C17H28N4S/c1-6-7-13(2)19-17-15(12-14(3)22-17)16(18-4)21-10-8-20(5)9-11-21/h7,12,19H,6,8-11H2,1-5H3/b13-7+,18-16?. The van der Waals surface area contributed by atoms with E-state index in [4.69, 9.17) is 0 Å². The third-order valence-corrected chi connectivity index (χ3v) is 4.90. The molecule has 122 valence electrons. The Hall–Kier alpha value is -1.33. The molecule has 0 aliphatic carbocycles. The zero-order valence-electron chi connectivity index (χ0n) is 14.4. The van der Waals surface area contributed by atoms with Crippen LogP contribution in [0.5, 0.6) is 0 Å². The number of rotatable bonds is 4. The number of hydrogen-bond acceptors (Lipinski definition) is 4. The lowest BCUT2D eigenvalue weighted by molar-refractivity contribution is 0.215. The van der Waals surface area contributed by atoms with Crippen molar-refractivity contribution in [2.45, 2.75) is 27.2 Å². The monoisotopic (exact) mass is 320 g/mol. The fourth-order valence-electron chi connectivity index (χ4n) is 2.76. The van der Waals surface area contributed by atoms with Crippen LogP contribution in [-0.2, 0) is 0 Å². The number of nitrogens with one attached hydrogen (secondary N) is 1. The average Bonchev–Trinajstić information content (AvgIpc) is 2.82. The van der Waals surface area contributed by atoms with Crippen molar-refractivity contribution in [3.8, 4) is 0 Å². The Labute approximate surface area is 138 Å². The van der Waals surface area contributed by atoms with Crippen LogP contribution in [-0.4, -0.2) is 55.9 Å². The van der Waals surface area contributed by atoms with Crippen molar-refractivity contribution in [1.82, 2.24) is 9.80 Å². The predicted octanol–water partition coefficient (Wildman–Crippen LogP) is 3.41. The molecule has 0 atom stereocenters. The lowest BCUT2D eigenvalue weighted by Crippen LogP contribution is -2.47. The van der Waals surface area contributed by atoms with Crippen molar-refractivity contribution in [2.24, 2.45) is 4.99 Å². The molecule has 2 rings (SSSR count). The third-order valence-electron chi connectivity index (χ3n) is 3.93. The molecule has 0 spiro atoms. The summed E-state index contributed by atoms with van der Waals surface area (Å²) in [4.78, 5) is 10.7. The lowest BCUT2D eigenvalue weighted by atomic mass is 10.2. The van der Waals surface area contributed by atoms with Gasteiger partial charge in [0.15, 0.2) is 0 Å². The quantitative estimate of drug-likeness (QED) is 0.681. The van der Waals surface area contributed by atoms with E-state index in [0.29, 0.717) is 0 Å². The Bertz CT molecular complexity index is 551. The summed E-state index contributed by atoms with van der Waals surface area (Å²) >= 11 is 1.81. The van der Waals surface area contributed by atoms with Crippen molar-refractivity contribution < 1.29 is 0 Å². The van der Waals surface area contributed by atoms with Gasteiger partial charge in [0.05, 0.1) is 5.56 Å². The number of hydrogen-bond donors (Lipinski definition) is 1. The van der Waals surface area contributed by atoms with E-state index in [9.17, 15) is 0 Å². The van der Waals surface area contributed by atoms with E-state index in [0.717, 1.165) is 38.4 Å². The van der Waals surface area contributed by atoms with Gasteiger partial charge < -0.3 is 15.1 Å². The van der Waals surface area contributed by atoms with Crippen molar-refractivity contribution in [3.63, 3.8) is 0 Å². The Kier molecular flexibility index (Phi) is 6.03. The molecule has 1 aliphatic heterocycles. The third kappa shape index (κ3) is 4.11. The SMILES string of the molecule is CC/C=C(\C)Nc1sc(C)cc1C(=NC)N1CCN(C)CC1. The first-order chi connectivity index (χ1) is 10.5. The van der Waals surface area contributed by atoms with Gasteiger partial charge in [-0.1, -0.05) is 13.0 Å². The van der Waals surface area contributed by atoms with Crippen molar-refractivity contribution in [3.05, 3.63) is 28.3 Å². The summed E-state index contributed by atoms with van der Waals surface area (Å²) in [7, 11) is 4.08. The minimum Gasteiger partial charge on any atom is -0.354 e. The number of nitrogens with zero attached hydrogens (tertiary/aromatic N) is 3. The van der Waals surface area contributed by atoms with E-state index < -0.39 is 0 Å². The number of amidine groups is 1. The van der Waals surface area contributed by atoms with Crippen LogP contribution in [0.15, 0.2) is 22.8 Å². The maximum absolute atomic E-state index is 4.61. The minimum absolute atomic E-state index is 1.04. The predicted molar refractivity (Wildman–Crippen MR) is 98.3 cm³/mol. The Morgan fingerprint density at radius 3 is 2.64 bits per heavy atom. The zero-order chi connectivity index (χ0) is 16.1. The molecule has 0 bridgehead atoms. The molecule has 2 heterocycles. The van der Waals surface area contributed by atoms with Gasteiger partial charge in [0, 0.05) is 43.8 Å². The Morgan fingerprint density at radius 2 is 2.05 bits per heavy atom. The summed E-state index contributed by atoms with van der Waals surface area (Å²) in [6, 6.07) is 2.26. The fraction of sp³-hybridized carbons (Fsp3) is 0.588. The maximum atomic E-state index is 4.61. The van der Waals surface area contributed by atoms with Crippen LogP contribution in [0.1, 0.15) is 30.7 Å². The van der Waals surface area contributed by atoms with Gasteiger partial charge >= 0.3 is 0 Å². The molecule has 0 saturated carbocycles. The van der Waals surface area contributed by atoms with Gasteiger partial charge in [-0.3, -0.25) is 4.99 Å². The van der Waals surface area contributed by atoms with Crippen LogP contribution >= 0.6 is 11.3 Å². The van der Waals surface area contributed by atoms with E-state index in [1.807, 2.05) is 7.05 Å². The smallest absolute Gasteiger partial charge is 0.133 e. The lowest BCUT2D eigenvalue weighted by Gasteiger charge is -2.34. The zero-order valence-corrected chi connectivity index (χ0v) is 15.3. The van der Waals surface area contributed by atoms with Gasteiger partial charge in [0.2, 0.25) is 0 Å². The van der Waals surface area contributed by atoms with Crippen molar-refractivity contribution in [2.75, 3.05) is 45.6 Å². The highest BCUT2D eigenvalue weighted by molar-refractivity contribution is 7.16. The van der Waals surface area contributed by atoms with Gasteiger partial charge in [-0.2, -0.15) is 0 Å². The van der Waals surface area contributed by atoms with Crippen molar-refractivity contribution in [1.29, 1.82) is 0 Å². The van der Waals surface area contributed by atoms with Gasteiger partial charge in [0.1, 0.15) is 10.8 Å². The van der Waals surface area contributed by atoms with Gasteiger partial charge in [-0.05, 0) is 33.4 Å². The van der Waals surface area contributed by atoms with E-state index in [1.54, 1.807) is 11.3 Å². The molecule has 1 aromatic heterocycles. The molecule has 1 aromatic rings. The minimum atomic E-state index is 1.04. The molecule has 1 fully saturated rings. The summed E-state index contributed by atoms with van der Waals surface area (Å²) in [6.45, 7) is 10.7. The molecule has 22 heavy (non-hydrogen) atoms. The average molecular weight is 321 g/mol. The molecule has 1 aliphatic rings.